The summed E-state index contributed by atoms with van der Waals surface area (Å²) in [7, 11) is -2.70. The van der Waals surface area contributed by atoms with Crippen molar-refractivity contribution in [3.8, 4) is 0 Å². The van der Waals surface area contributed by atoms with Gasteiger partial charge < -0.3 is 4.42 Å². The fourth-order valence-electron chi connectivity index (χ4n) is 2.57. The first-order valence-corrected chi connectivity index (χ1v) is 8.87. The van der Waals surface area contributed by atoms with Crippen LogP contribution in [0.3, 0.4) is 0 Å². The highest BCUT2D eigenvalue weighted by atomic mass is 32.2. The van der Waals surface area contributed by atoms with E-state index < -0.39 is 28.3 Å². The van der Waals surface area contributed by atoms with Gasteiger partial charge in [-0.25, -0.2) is 26.9 Å². The number of hydrogen-bond donors (Lipinski definition) is 2. The van der Waals surface area contributed by atoms with E-state index in [2.05, 4.69) is 9.71 Å². The van der Waals surface area contributed by atoms with Crippen LogP contribution in [-0.4, -0.2) is 25.7 Å². The quantitative estimate of drug-likeness (QED) is 0.373. The number of carbonyl (C=O) groups is 1. The SMILES string of the molecule is O=C(c1ccc2ncoc2c1)c1cc(CCCN[SH](=O)=O)cc(F)c1F. The third kappa shape index (κ3) is 3.94. The van der Waals surface area contributed by atoms with Gasteiger partial charge in [0.2, 0.25) is 10.9 Å². The molecular formula is C17H14F2N2O4S. The molecule has 1 aromatic heterocycles. The molecule has 1 heterocycles. The summed E-state index contributed by atoms with van der Waals surface area (Å²) < 4.78 is 56.3. The molecule has 0 bridgehead atoms. The number of nitrogens with zero attached hydrogens (tertiary/aromatic N) is 1. The van der Waals surface area contributed by atoms with Crippen LogP contribution in [0, 0.1) is 11.6 Å². The molecule has 0 amide bonds. The summed E-state index contributed by atoms with van der Waals surface area (Å²) in [6.45, 7) is 0.170. The van der Waals surface area contributed by atoms with Crippen molar-refractivity contribution in [1.29, 1.82) is 0 Å². The smallest absolute Gasteiger partial charge is 0.201 e. The van der Waals surface area contributed by atoms with E-state index in [1.807, 2.05) is 0 Å². The highest BCUT2D eigenvalue weighted by molar-refractivity contribution is 7.70. The summed E-state index contributed by atoms with van der Waals surface area (Å²) in [6, 6.07) is 6.72. The van der Waals surface area contributed by atoms with Gasteiger partial charge in [-0.05, 0) is 48.7 Å². The Bertz CT molecular complexity index is 1040. The van der Waals surface area contributed by atoms with Crippen LogP contribution in [0.1, 0.15) is 27.9 Å². The third-order valence-electron chi connectivity index (χ3n) is 3.81. The maximum Gasteiger partial charge on any atom is 0.201 e. The molecule has 0 aliphatic carbocycles. The Kier molecular flexibility index (Phi) is 5.38. The van der Waals surface area contributed by atoms with E-state index in [0.717, 1.165) is 6.07 Å². The Morgan fingerprint density at radius 1 is 1.19 bits per heavy atom. The fourth-order valence-corrected chi connectivity index (χ4v) is 2.91. The van der Waals surface area contributed by atoms with Crippen LogP contribution in [0.25, 0.3) is 11.1 Å². The summed E-state index contributed by atoms with van der Waals surface area (Å²) in [5.41, 5.74) is 1.07. The van der Waals surface area contributed by atoms with Crippen molar-refractivity contribution in [2.45, 2.75) is 12.8 Å². The van der Waals surface area contributed by atoms with Gasteiger partial charge in [-0.1, -0.05) is 0 Å². The van der Waals surface area contributed by atoms with Crippen LogP contribution in [-0.2, 0) is 17.3 Å². The summed E-state index contributed by atoms with van der Waals surface area (Å²) in [4.78, 5) is 16.5. The van der Waals surface area contributed by atoms with E-state index in [1.54, 1.807) is 6.07 Å². The molecule has 0 aliphatic heterocycles. The van der Waals surface area contributed by atoms with Crippen molar-refractivity contribution < 1.29 is 26.4 Å². The van der Waals surface area contributed by atoms with Crippen LogP contribution < -0.4 is 4.72 Å². The first-order valence-electron chi connectivity index (χ1n) is 7.69. The second kappa shape index (κ2) is 7.71. The van der Waals surface area contributed by atoms with Crippen LogP contribution in [0.15, 0.2) is 41.1 Å². The summed E-state index contributed by atoms with van der Waals surface area (Å²) in [6.07, 6.45) is 1.89. The molecule has 0 saturated carbocycles. The predicted octanol–water partition coefficient (Wildman–Crippen LogP) is 2.39. The number of aromatic nitrogens is 1. The van der Waals surface area contributed by atoms with E-state index >= 15 is 0 Å². The maximum atomic E-state index is 14.1. The maximum absolute atomic E-state index is 14.1. The summed E-state index contributed by atoms with van der Waals surface area (Å²) >= 11 is 0. The Morgan fingerprint density at radius 3 is 2.77 bits per heavy atom. The number of benzene rings is 2. The van der Waals surface area contributed by atoms with Gasteiger partial charge in [0.05, 0.1) is 5.56 Å². The van der Waals surface area contributed by atoms with Crippen LogP contribution in [0.5, 0.6) is 0 Å². The lowest BCUT2D eigenvalue weighted by Crippen LogP contribution is -2.13. The summed E-state index contributed by atoms with van der Waals surface area (Å²) in [5, 5.41) is 0. The van der Waals surface area contributed by atoms with Gasteiger partial charge >= 0.3 is 0 Å². The number of rotatable bonds is 7. The minimum atomic E-state index is -2.70. The third-order valence-corrected chi connectivity index (χ3v) is 4.29. The van der Waals surface area contributed by atoms with Crippen molar-refractivity contribution in [2.75, 3.05) is 6.54 Å². The lowest BCUT2D eigenvalue weighted by atomic mass is 9.98. The van der Waals surface area contributed by atoms with E-state index in [4.69, 9.17) is 4.42 Å². The standard InChI is InChI=1S/C17H14F2N2O4S/c18-13-7-10(2-1-5-21-26(23)24)6-12(16(13)19)17(22)11-3-4-14-15(8-11)25-9-20-14/h3-4,6-9,26H,1-2,5H2,(H,21,23,24). The number of ketones is 1. The number of oxazole rings is 1. The molecule has 0 aliphatic rings. The molecule has 0 unspecified atom stereocenters. The number of fused-ring (bicyclic) bond motifs is 1. The number of hydrogen-bond acceptors (Lipinski definition) is 5. The monoisotopic (exact) mass is 380 g/mol. The highest BCUT2D eigenvalue weighted by Gasteiger charge is 2.19. The molecule has 3 aromatic rings. The van der Waals surface area contributed by atoms with E-state index in [0.29, 0.717) is 23.1 Å². The molecule has 6 nitrogen and oxygen atoms in total. The molecule has 9 heteroatoms. The lowest BCUT2D eigenvalue weighted by Gasteiger charge is -2.08. The second-order valence-corrected chi connectivity index (χ2v) is 6.40. The largest absolute Gasteiger partial charge is 0.443 e. The molecule has 2 aromatic carbocycles. The minimum absolute atomic E-state index is 0.148. The van der Waals surface area contributed by atoms with Crippen molar-refractivity contribution in [1.82, 2.24) is 9.71 Å². The molecule has 0 spiro atoms. The second-order valence-electron chi connectivity index (χ2n) is 5.57. The van der Waals surface area contributed by atoms with Gasteiger partial charge in [0, 0.05) is 12.1 Å². The van der Waals surface area contributed by atoms with E-state index in [1.165, 1.54) is 24.6 Å². The molecule has 3 rings (SSSR count). The predicted molar refractivity (Wildman–Crippen MR) is 90.4 cm³/mol. The number of aryl methyl sites for hydroxylation is 1. The normalized spacial score (nSPS) is 11.3. The first kappa shape index (κ1) is 18.2. The zero-order valence-corrected chi connectivity index (χ0v) is 14.3. The van der Waals surface area contributed by atoms with Gasteiger partial charge in [-0.15, -0.1) is 0 Å². The molecule has 26 heavy (non-hydrogen) atoms. The molecule has 0 saturated heterocycles. The Labute approximate surface area is 148 Å². The van der Waals surface area contributed by atoms with Gasteiger partial charge in [-0.2, -0.15) is 0 Å². The molecule has 0 radical (unpaired) electrons. The van der Waals surface area contributed by atoms with Crippen molar-refractivity contribution >= 4 is 27.8 Å². The molecule has 0 fully saturated rings. The van der Waals surface area contributed by atoms with Crippen LogP contribution in [0.4, 0.5) is 8.78 Å². The van der Waals surface area contributed by atoms with Crippen molar-refractivity contribution in [3.63, 3.8) is 0 Å². The number of thiol groups is 1. The minimum Gasteiger partial charge on any atom is -0.443 e. The molecule has 1 N–H and O–H groups in total. The van der Waals surface area contributed by atoms with E-state index in [-0.39, 0.29) is 24.1 Å². The molecule has 0 atom stereocenters. The zero-order valence-electron chi connectivity index (χ0n) is 13.4. The first-order chi connectivity index (χ1) is 12.5. The Balaban J connectivity index is 1.86. The van der Waals surface area contributed by atoms with Gasteiger partial charge in [0.25, 0.3) is 0 Å². The fraction of sp³-hybridized carbons (Fsp3) is 0.176. The topological polar surface area (TPSA) is 89.3 Å². The average molecular weight is 380 g/mol. The van der Waals surface area contributed by atoms with Gasteiger partial charge in [0.1, 0.15) is 5.52 Å². The van der Waals surface area contributed by atoms with Crippen LogP contribution in [0.2, 0.25) is 0 Å². The Hall–Kier alpha value is -2.65. The number of carbonyl (C=O) groups excluding carboxylic acids is 1. The van der Waals surface area contributed by atoms with E-state index in [9.17, 15) is 22.0 Å². The Morgan fingerprint density at radius 2 is 2.00 bits per heavy atom. The lowest BCUT2D eigenvalue weighted by molar-refractivity contribution is 0.103. The number of nitrogens with one attached hydrogen (secondary N) is 1. The molecular weight excluding hydrogens is 366 g/mol. The number of halogens is 2. The van der Waals surface area contributed by atoms with Crippen molar-refractivity contribution in [3.05, 3.63) is 65.1 Å². The highest BCUT2D eigenvalue weighted by Crippen LogP contribution is 2.22. The molecule has 136 valence electrons. The zero-order chi connectivity index (χ0) is 18.7. The van der Waals surface area contributed by atoms with Gasteiger partial charge in [0.15, 0.2) is 29.4 Å². The van der Waals surface area contributed by atoms with Crippen molar-refractivity contribution in [2.24, 2.45) is 0 Å². The van der Waals surface area contributed by atoms with Crippen LogP contribution >= 0.6 is 0 Å². The summed E-state index contributed by atoms with van der Waals surface area (Å²) in [5.74, 6) is -3.03. The van der Waals surface area contributed by atoms with Gasteiger partial charge in [-0.3, -0.25) is 4.79 Å². The average Bonchev–Trinajstić information content (AvgIpc) is 3.08.